The number of aromatic nitrogens is 3. The first-order valence-electron chi connectivity index (χ1n) is 11.9. The number of hydrogen-bond donors (Lipinski definition) is 2. The summed E-state index contributed by atoms with van der Waals surface area (Å²) in [5.41, 5.74) is -1.60. The smallest absolute Gasteiger partial charge is 0.417 e. The summed E-state index contributed by atoms with van der Waals surface area (Å²) in [6.07, 6.45) is 2.32. The zero-order chi connectivity index (χ0) is 23.6. The molecule has 182 valence electrons. The number of benzene rings is 1. The van der Waals surface area contributed by atoms with Crippen LogP contribution in [0.25, 0.3) is 0 Å². The van der Waals surface area contributed by atoms with Crippen molar-refractivity contribution in [2.24, 2.45) is 11.8 Å². The van der Waals surface area contributed by atoms with Gasteiger partial charge in [0.05, 0.1) is 0 Å². The van der Waals surface area contributed by atoms with Crippen LogP contribution in [0.2, 0.25) is 0 Å². The van der Waals surface area contributed by atoms with Crippen LogP contribution in [-0.4, -0.2) is 49.8 Å². The minimum atomic E-state index is -4.64. The van der Waals surface area contributed by atoms with Gasteiger partial charge < -0.3 is 15.1 Å². The Morgan fingerprint density at radius 3 is 2.24 bits per heavy atom. The van der Waals surface area contributed by atoms with Crippen LogP contribution < -0.4 is 4.90 Å². The lowest BCUT2D eigenvalue weighted by Gasteiger charge is -2.40. The van der Waals surface area contributed by atoms with E-state index in [9.17, 15) is 23.4 Å². The Hall–Kier alpha value is -2.29. The van der Waals surface area contributed by atoms with Gasteiger partial charge >= 0.3 is 6.18 Å². The molecule has 2 heterocycles. The largest absolute Gasteiger partial charge is 0.508 e. The first-order chi connectivity index (χ1) is 15.6. The number of rotatable bonds is 7. The van der Waals surface area contributed by atoms with Gasteiger partial charge in [-0.2, -0.15) is 13.2 Å². The van der Waals surface area contributed by atoms with E-state index in [1.807, 2.05) is 17.0 Å². The first kappa shape index (κ1) is 23.9. The van der Waals surface area contributed by atoms with Crippen LogP contribution in [-0.2, 0) is 19.4 Å². The van der Waals surface area contributed by atoms with E-state index >= 15 is 0 Å². The van der Waals surface area contributed by atoms with Gasteiger partial charge in [0.15, 0.2) is 5.60 Å². The SMILES string of the molecule is CC(O)(C1CCN(c2nnc(CC3CCCC3)n2CCc2ccc(O)cc2)CC1)C(F)(F)F. The molecule has 0 spiro atoms. The van der Waals surface area contributed by atoms with Crippen molar-refractivity contribution < 1.29 is 23.4 Å². The number of nitrogens with zero attached hydrogens (tertiary/aromatic N) is 4. The number of aliphatic hydroxyl groups is 1. The predicted molar refractivity (Wildman–Crippen MR) is 119 cm³/mol. The summed E-state index contributed by atoms with van der Waals surface area (Å²) in [5, 5.41) is 28.6. The molecule has 2 fully saturated rings. The summed E-state index contributed by atoms with van der Waals surface area (Å²) in [5.74, 6) is 1.62. The summed E-state index contributed by atoms with van der Waals surface area (Å²) >= 11 is 0. The lowest BCUT2D eigenvalue weighted by atomic mass is 9.81. The van der Waals surface area contributed by atoms with E-state index in [1.54, 1.807) is 12.1 Å². The fourth-order valence-corrected chi connectivity index (χ4v) is 5.19. The van der Waals surface area contributed by atoms with Crippen LogP contribution in [0.15, 0.2) is 24.3 Å². The molecule has 0 bridgehead atoms. The molecule has 9 heteroatoms. The van der Waals surface area contributed by atoms with E-state index in [0.29, 0.717) is 31.5 Å². The number of piperidine rings is 1. The molecule has 1 aromatic heterocycles. The number of anilines is 1. The van der Waals surface area contributed by atoms with E-state index in [0.717, 1.165) is 31.2 Å². The van der Waals surface area contributed by atoms with E-state index < -0.39 is 17.7 Å². The zero-order valence-electron chi connectivity index (χ0n) is 19.1. The highest BCUT2D eigenvalue weighted by molar-refractivity contribution is 5.33. The summed E-state index contributed by atoms with van der Waals surface area (Å²) in [4.78, 5) is 2.00. The van der Waals surface area contributed by atoms with Crippen LogP contribution in [0, 0.1) is 11.8 Å². The highest BCUT2D eigenvalue weighted by atomic mass is 19.4. The second kappa shape index (κ2) is 9.52. The van der Waals surface area contributed by atoms with Crippen molar-refractivity contribution in [2.75, 3.05) is 18.0 Å². The molecule has 1 saturated heterocycles. The van der Waals surface area contributed by atoms with Crippen LogP contribution in [0.1, 0.15) is 56.8 Å². The molecule has 1 aromatic carbocycles. The van der Waals surface area contributed by atoms with Crippen molar-refractivity contribution in [3.8, 4) is 5.75 Å². The fourth-order valence-electron chi connectivity index (χ4n) is 5.19. The number of phenols is 1. The number of aryl methyl sites for hydroxylation is 1. The Bertz CT molecular complexity index is 913. The molecule has 0 amide bonds. The van der Waals surface area contributed by atoms with Crippen LogP contribution in [0.4, 0.5) is 19.1 Å². The van der Waals surface area contributed by atoms with Crippen LogP contribution >= 0.6 is 0 Å². The number of hydrogen-bond acceptors (Lipinski definition) is 5. The highest BCUT2D eigenvalue weighted by Crippen LogP contribution is 2.41. The Balaban J connectivity index is 1.49. The molecule has 33 heavy (non-hydrogen) atoms. The average molecular weight is 467 g/mol. The van der Waals surface area contributed by atoms with Crippen molar-refractivity contribution in [3.05, 3.63) is 35.7 Å². The summed E-state index contributed by atoms with van der Waals surface area (Å²) in [6, 6.07) is 7.11. The van der Waals surface area contributed by atoms with Gasteiger partial charge in [-0.05, 0) is 55.7 Å². The molecule has 1 atom stereocenters. The third kappa shape index (κ3) is 5.28. The maximum absolute atomic E-state index is 13.3. The van der Waals surface area contributed by atoms with Crippen molar-refractivity contribution in [3.63, 3.8) is 0 Å². The van der Waals surface area contributed by atoms with Crippen molar-refractivity contribution in [2.45, 2.75) is 76.6 Å². The van der Waals surface area contributed by atoms with Gasteiger partial charge in [0.25, 0.3) is 0 Å². The number of phenolic OH excluding ortho intramolecular Hbond substituents is 1. The van der Waals surface area contributed by atoms with Crippen molar-refractivity contribution in [1.29, 1.82) is 0 Å². The lowest BCUT2D eigenvalue weighted by molar-refractivity contribution is -0.273. The van der Waals surface area contributed by atoms with Gasteiger partial charge in [-0.25, -0.2) is 0 Å². The molecule has 2 N–H and O–H groups in total. The summed E-state index contributed by atoms with van der Waals surface area (Å²) < 4.78 is 42.0. The molecule has 6 nitrogen and oxygen atoms in total. The quantitative estimate of drug-likeness (QED) is 0.629. The van der Waals surface area contributed by atoms with Crippen LogP contribution in [0.3, 0.4) is 0 Å². The molecule has 1 saturated carbocycles. The van der Waals surface area contributed by atoms with Gasteiger partial charge in [-0.3, -0.25) is 4.57 Å². The molecule has 1 unspecified atom stereocenters. The fraction of sp³-hybridized carbons (Fsp3) is 0.667. The minimum absolute atomic E-state index is 0.225. The second-order valence-corrected chi connectivity index (χ2v) is 9.75. The summed E-state index contributed by atoms with van der Waals surface area (Å²) in [7, 11) is 0. The number of aromatic hydroxyl groups is 1. The number of alkyl halides is 3. The monoisotopic (exact) mass is 466 g/mol. The van der Waals surface area contributed by atoms with Crippen molar-refractivity contribution in [1.82, 2.24) is 14.8 Å². The maximum atomic E-state index is 13.3. The summed E-state index contributed by atoms with van der Waals surface area (Å²) in [6.45, 7) is 2.35. The van der Waals surface area contributed by atoms with Gasteiger partial charge in [0.1, 0.15) is 11.6 Å². The molecule has 1 aliphatic carbocycles. The third-order valence-corrected chi connectivity index (χ3v) is 7.46. The number of halogens is 3. The lowest BCUT2D eigenvalue weighted by Crippen LogP contribution is -2.52. The topological polar surface area (TPSA) is 74.4 Å². The standard InChI is InChI=1S/C24H33F3N4O2/c1-23(33,24(25,26)27)19-11-13-30(14-12-19)22-29-28-21(16-18-4-2-3-5-18)31(22)15-10-17-6-8-20(32)9-7-17/h6-9,18-19,32-33H,2-5,10-16H2,1H3. The molecule has 2 aliphatic rings. The van der Waals surface area contributed by atoms with E-state index in [4.69, 9.17) is 0 Å². The molecular weight excluding hydrogens is 433 g/mol. The average Bonchev–Trinajstić information content (AvgIpc) is 3.43. The first-order valence-corrected chi connectivity index (χ1v) is 11.9. The Kier molecular flexibility index (Phi) is 6.88. The normalized spacial score (nSPS) is 20.3. The molecule has 0 radical (unpaired) electrons. The predicted octanol–water partition coefficient (Wildman–Crippen LogP) is 4.49. The van der Waals surface area contributed by atoms with Crippen LogP contribution in [0.5, 0.6) is 5.75 Å². The minimum Gasteiger partial charge on any atom is -0.508 e. The molecule has 1 aliphatic heterocycles. The Labute approximate surface area is 192 Å². The second-order valence-electron chi connectivity index (χ2n) is 9.75. The Morgan fingerprint density at radius 1 is 1.00 bits per heavy atom. The van der Waals surface area contributed by atoms with Gasteiger partial charge in [0.2, 0.25) is 5.95 Å². The van der Waals surface area contributed by atoms with E-state index in [-0.39, 0.29) is 18.6 Å². The van der Waals surface area contributed by atoms with Crippen molar-refractivity contribution >= 4 is 5.95 Å². The van der Waals surface area contributed by atoms with E-state index in [2.05, 4.69) is 14.8 Å². The highest BCUT2D eigenvalue weighted by Gasteiger charge is 2.55. The van der Waals surface area contributed by atoms with Gasteiger partial charge in [-0.15, -0.1) is 10.2 Å². The Morgan fingerprint density at radius 2 is 1.64 bits per heavy atom. The molecular formula is C24H33F3N4O2. The van der Waals surface area contributed by atoms with Gasteiger partial charge in [-0.1, -0.05) is 37.8 Å². The third-order valence-electron chi connectivity index (χ3n) is 7.46. The van der Waals surface area contributed by atoms with Gasteiger partial charge in [0, 0.05) is 26.1 Å². The van der Waals surface area contributed by atoms with E-state index in [1.165, 1.54) is 25.7 Å². The maximum Gasteiger partial charge on any atom is 0.417 e. The molecule has 4 rings (SSSR count). The zero-order valence-corrected chi connectivity index (χ0v) is 19.1. The molecule has 2 aromatic rings.